The molecule has 0 saturated carbocycles. The Labute approximate surface area is 209 Å². The molecule has 34 heavy (non-hydrogen) atoms. The molecule has 0 aliphatic carbocycles. The summed E-state index contributed by atoms with van der Waals surface area (Å²) in [6.45, 7) is 6.90. The van der Waals surface area contributed by atoms with Gasteiger partial charge < -0.3 is 24.7 Å². The van der Waals surface area contributed by atoms with Crippen LogP contribution in [-0.2, 0) is 17.9 Å². The highest BCUT2D eigenvalue weighted by Crippen LogP contribution is 2.32. The first-order valence-corrected chi connectivity index (χ1v) is 12.4. The Balaban J connectivity index is 1.34. The van der Waals surface area contributed by atoms with Crippen molar-refractivity contribution < 1.29 is 19.1 Å². The Hall–Kier alpha value is -3.05. The molecule has 11 heteroatoms. The fourth-order valence-corrected chi connectivity index (χ4v) is 4.66. The van der Waals surface area contributed by atoms with E-state index in [1.807, 2.05) is 37.5 Å². The van der Waals surface area contributed by atoms with Gasteiger partial charge in [0, 0.05) is 22.3 Å². The van der Waals surface area contributed by atoms with Crippen LogP contribution in [0.3, 0.4) is 0 Å². The van der Waals surface area contributed by atoms with Gasteiger partial charge in [0.1, 0.15) is 0 Å². The molecule has 0 atom stereocenters. The summed E-state index contributed by atoms with van der Waals surface area (Å²) in [5, 5.41) is 14.8. The molecule has 0 unspecified atom stereocenters. The highest BCUT2D eigenvalue weighted by atomic mass is 79.9. The molecule has 0 saturated heterocycles. The number of nitrogens with zero attached hydrogens (tertiary/aromatic N) is 3. The number of nitrogens with one attached hydrogen (secondary N) is 2. The number of amides is 2. The molecule has 3 aromatic rings. The Morgan fingerprint density at radius 1 is 1.12 bits per heavy atom. The van der Waals surface area contributed by atoms with Crippen molar-refractivity contribution in [2.75, 3.05) is 17.9 Å². The number of aromatic nitrogens is 3. The third-order valence-corrected chi connectivity index (χ3v) is 7.30. The van der Waals surface area contributed by atoms with Crippen molar-refractivity contribution in [3.8, 4) is 11.5 Å². The minimum atomic E-state index is -0.252. The van der Waals surface area contributed by atoms with Gasteiger partial charge in [-0.05, 0) is 62.2 Å². The van der Waals surface area contributed by atoms with Crippen molar-refractivity contribution in [1.29, 1.82) is 0 Å². The van der Waals surface area contributed by atoms with E-state index in [4.69, 9.17) is 9.47 Å². The molecule has 1 aromatic heterocycles. The summed E-state index contributed by atoms with van der Waals surface area (Å²) < 4.78 is 13.5. The highest BCUT2D eigenvalue weighted by molar-refractivity contribution is 9.10. The minimum Gasteiger partial charge on any atom is -0.454 e. The molecule has 1 aliphatic heterocycles. The van der Waals surface area contributed by atoms with Crippen LogP contribution in [0.2, 0.25) is 0 Å². The van der Waals surface area contributed by atoms with E-state index in [0.29, 0.717) is 34.6 Å². The average molecular weight is 546 g/mol. The minimum absolute atomic E-state index is 0.127. The van der Waals surface area contributed by atoms with Gasteiger partial charge in [0.05, 0.1) is 12.3 Å². The number of rotatable bonds is 8. The largest absolute Gasteiger partial charge is 0.454 e. The van der Waals surface area contributed by atoms with Gasteiger partial charge >= 0.3 is 0 Å². The van der Waals surface area contributed by atoms with Crippen LogP contribution < -0.4 is 20.1 Å². The lowest BCUT2D eigenvalue weighted by molar-refractivity contribution is -0.113. The molecule has 0 radical (unpaired) electrons. The Bertz CT molecular complexity index is 1250. The Morgan fingerprint density at radius 2 is 1.91 bits per heavy atom. The molecular weight excluding hydrogens is 522 g/mol. The molecule has 2 aromatic carbocycles. The lowest BCUT2D eigenvalue weighted by atomic mass is 10.1. The fraction of sp³-hybridized carbons (Fsp3) is 0.304. The number of hydrogen-bond acceptors (Lipinski definition) is 7. The summed E-state index contributed by atoms with van der Waals surface area (Å²) in [6, 6.07) is 8.84. The van der Waals surface area contributed by atoms with Crippen molar-refractivity contribution in [2.24, 2.45) is 0 Å². The number of hydrogen-bond donors (Lipinski definition) is 2. The summed E-state index contributed by atoms with van der Waals surface area (Å²) in [4.78, 5) is 25.1. The number of halogens is 1. The first-order valence-electron chi connectivity index (χ1n) is 10.7. The van der Waals surface area contributed by atoms with Crippen LogP contribution in [0.1, 0.15) is 34.2 Å². The van der Waals surface area contributed by atoms with E-state index in [2.05, 4.69) is 36.8 Å². The zero-order chi connectivity index (χ0) is 24.2. The van der Waals surface area contributed by atoms with Gasteiger partial charge in [-0.1, -0.05) is 27.7 Å². The quantitative estimate of drug-likeness (QED) is 0.411. The highest BCUT2D eigenvalue weighted by Gasteiger charge is 2.18. The van der Waals surface area contributed by atoms with Crippen LogP contribution in [0.4, 0.5) is 5.69 Å². The number of thioether (sulfide) groups is 1. The summed E-state index contributed by atoms with van der Waals surface area (Å²) in [7, 11) is 0. The normalized spacial score (nSPS) is 12.0. The van der Waals surface area contributed by atoms with Gasteiger partial charge in [-0.15, -0.1) is 10.2 Å². The fourth-order valence-electron chi connectivity index (χ4n) is 3.41. The number of ether oxygens (including phenoxy) is 2. The van der Waals surface area contributed by atoms with E-state index in [1.165, 1.54) is 11.8 Å². The second kappa shape index (κ2) is 10.5. The molecule has 4 rings (SSSR count). The van der Waals surface area contributed by atoms with Gasteiger partial charge in [-0.25, -0.2) is 0 Å². The SMILES string of the molecule is CCn1c(CNC(=O)c2ccc3c(c2)OCO3)nnc1SCC(=O)Nc1ccc(Br)c(C)c1C. The number of fused-ring (bicyclic) bond motifs is 1. The third kappa shape index (κ3) is 5.20. The monoisotopic (exact) mass is 545 g/mol. The maximum atomic E-state index is 12.6. The molecule has 2 amide bonds. The Morgan fingerprint density at radius 3 is 2.71 bits per heavy atom. The topological polar surface area (TPSA) is 107 Å². The molecule has 2 heterocycles. The number of carbonyl (C=O) groups excluding carboxylic acids is 2. The van der Waals surface area contributed by atoms with Crippen LogP contribution in [0.25, 0.3) is 0 Å². The van der Waals surface area contributed by atoms with E-state index in [-0.39, 0.29) is 30.9 Å². The molecule has 9 nitrogen and oxygen atoms in total. The standard InChI is InChI=1S/C23H24BrN5O4S/c1-4-29-20(10-25-22(31)15-5-8-18-19(9-15)33-12-32-18)27-28-23(29)34-11-21(30)26-17-7-6-16(24)13(2)14(17)3/h5-9H,4,10-12H2,1-3H3,(H,25,31)(H,26,30). The number of carbonyl (C=O) groups is 2. The lowest BCUT2D eigenvalue weighted by Gasteiger charge is -2.12. The third-order valence-electron chi connectivity index (χ3n) is 5.48. The lowest BCUT2D eigenvalue weighted by Crippen LogP contribution is -2.24. The summed E-state index contributed by atoms with van der Waals surface area (Å²) in [5.41, 5.74) is 3.36. The molecule has 0 fully saturated rings. The zero-order valence-corrected chi connectivity index (χ0v) is 21.4. The molecule has 0 spiro atoms. The van der Waals surface area contributed by atoms with Crippen molar-refractivity contribution >= 4 is 45.2 Å². The van der Waals surface area contributed by atoms with Gasteiger partial charge in [0.15, 0.2) is 22.5 Å². The predicted octanol–water partition coefficient (Wildman–Crippen LogP) is 4.07. The van der Waals surface area contributed by atoms with Crippen LogP contribution >= 0.6 is 27.7 Å². The molecule has 178 valence electrons. The van der Waals surface area contributed by atoms with E-state index in [9.17, 15) is 9.59 Å². The van der Waals surface area contributed by atoms with Gasteiger partial charge in [0.25, 0.3) is 5.91 Å². The van der Waals surface area contributed by atoms with Crippen LogP contribution in [0.5, 0.6) is 11.5 Å². The van der Waals surface area contributed by atoms with Gasteiger partial charge in [0.2, 0.25) is 12.7 Å². The second-order valence-electron chi connectivity index (χ2n) is 7.58. The van der Waals surface area contributed by atoms with E-state index in [0.717, 1.165) is 21.3 Å². The number of benzene rings is 2. The molecule has 2 N–H and O–H groups in total. The predicted molar refractivity (Wildman–Crippen MR) is 132 cm³/mol. The van der Waals surface area contributed by atoms with Crippen LogP contribution in [0.15, 0.2) is 40.0 Å². The zero-order valence-electron chi connectivity index (χ0n) is 19.0. The maximum Gasteiger partial charge on any atom is 0.251 e. The first-order chi connectivity index (χ1) is 16.4. The number of anilines is 1. The second-order valence-corrected chi connectivity index (χ2v) is 9.37. The van der Waals surface area contributed by atoms with Crippen LogP contribution in [0, 0.1) is 13.8 Å². The summed E-state index contributed by atoms with van der Waals surface area (Å²) in [6.07, 6.45) is 0. The van der Waals surface area contributed by atoms with Crippen LogP contribution in [-0.4, -0.2) is 39.1 Å². The van der Waals surface area contributed by atoms with Gasteiger partial charge in [-0.2, -0.15) is 0 Å². The molecular formula is C23H24BrN5O4S. The average Bonchev–Trinajstić information content (AvgIpc) is 3.47. The Kier molecular flexibility index (Phi) is 7.42. The van der Waals surface area contributed by atoms with Crippen molar-refractivity contribution in [1.82, 2.24) is 20.1 Å². The maximum absolute atomic E-state index is 12.6. The molecule has 1 aliphatic rings. The van der Waals surface area contributed by atoms with Crippen molar-refractivity contribution in [3.63, 3.8) is 0 Å². The molecule has 0 bridgehead atoms. The summed E-state index contributed by atoms with van der Waals surface area (Å²) in [5.74, 6) is 1.60. The summed E-state index contributed by atoms with van der Waals surface area (Å²) >= 11 is 4.80. The van der Waals surface area contributed by atoms with Crippen molar-refractivity contribution in [2.45, 2.75) is 39.0 Å². The first kappa shape index (κ1) is 24.1. The smallest absolute Gasteiger partial charge is 0.251 e. The van der Waals surface area contributed by atoms with E-state index >= 15 is 0 Å². The van der Waals surface area contributed by atoms with E-state index < -0.39 is 0 Å². The van der Waals surface area contributed by atoms with Gasteiger partial charge in [-0.3, -0.25) is 9.59 Å². The van der Waals surface area contributed by atoms with E-state index in [1.54, 1.807) is 18.2 Å². The van der Waals surface area contributed by atoms with Crippen molar-refractivity contribution in [3.05, 3.63) is 57.3 Å².